The maximum atomic E-state index is 2.36. The van der Waals surface area contributed by atoms with E-state index in [9.17, 15) is 0 Å². The predicted octanol–water partition coefficient (Wildman–Crippen LogP) is 6.76. The fourth-order valence-corrected chi connectivity index (χ4v) is 3.56. The van der Waals surface area contributed by atoms with Crippen LogP contribution in [0.1, 0.15) is 19.4 Å². The van der Waals surface area contributed by atoms with E-state index in [1.807, 2.05) is 0 Å². The highest BCUT2D eigenvalue weighted by Crippen LogP contribution is 2.32. The van der Waals surface area contributed by atoms with Crippen molar-refractivity contribution in [3.05, 3.63) is 96.6 Å². The van der Waals surface area contributed by atoms with Crippen molar-refractivity contribution in [2.24, 2.45) is 0 Å². The second kappa shape index (κ2) is 6.45. The van der Waals surface area contributed by atoms with Crippen molar-refractivity contribution >= 4 is 27.4 Å². The summed E-state index contributed by atoms with van der Waals surface area (Å²) in [5.41, 5.74) is 6.16. The summed E-state index contributed by atoms with van der Waals surface area (Å²) in [6.45, 7) is 4.14. The Hall–Kier alpha value is -3.06. The SMILES string of the molecule is C/C=C\C(=C/C)c1cccc(-n2c3ccccc3c3ccccc32)c1. The summed E-state index contributed by atoms with van der Waals surface area (Å²) < 4.78 is 2.36. The first-order valence-electron chi connectivity index (χ1n) is 8.71. The minimum Gasteiger partial charge on any atom is -0.309 e. The molecule has 1 aromatic heterocycles. The van der Waals surface area contributed by atoms with Crippen LogP contribution in [0.5, 0.6) is 0 Å². The van der Waals surface area contributed by atoms with Gasteiger partial charge in [0.2, 0.25) is 0 Å². The molecule has 0 aliphatic heterocycles. The van der Waals surface area contributed by atoms with E-state index in [4.69, 9.17) is 0 Å². The molecule has 3 aromatic carbocycles. The van der Waals surface area contributed by atoms with Crippen molar-refractivity contribution in [1.29, 1.82) is 0 Å². The number of fused-ring (bicyclic) bond motifs is 3. The number of hydrogen-bond donors (Lipinski definition) is 0. The third-order valence-electron chi connectivity index (χ3n) is 4.67. The van der Waals surface area contributed by atoms with E-state index in [2.05, 4.69) is 109 Å². The second-order valence-electron chi connectivity index (χ2n) is 6.16. The fraction of sp³-hybridized carbons (Fsp3) is 0.0833. The summed E-state index contributed by atoms with van der Waals surface area (Å²) in [4.78, 5) is 0. The third kappa shape index (κ3) is 2.58. The van der Waals surface area contributed by atoms with E-state index in [1.165, 1.54) is 38.6 Å². The molecule has 0 saturated carbocycles. The molecule has 4 rings (SSSR count). The molecule has 0 spiro atoms. The molecule has 0 bridgehead atoms. The van der Waals surface area contributed by atoms with Crippen molar-refractivity contribution in [3.8, 4) is 5.69 Å². The van der Waals surface area contributed by atoms with Gasteiger partial charge in [0.05, 0.1) is 11.0 Å². The Morgan fingerprint density at radius 3 is 2.00 bits per heavy atom. The molecule has 0 aliphatic carbocycles. The van der Waals surface area contributed by atoms with Gasteiger partial charge in [-0.3, -0.25) is 0 Å². The highest BCUT2D eigenvalue weighted by molar-refractivity contribution is 6.09. The Morgan fingerprint density at radius 2 is 1.40 bits per heavy atom. The normalized spacial score (nSPS) is 12.5. The largest absolute Gasteiger partial charge is 0.309 e. The molecule has 1 heteroatoms. The van der Waals surface area contributed by atoms with E-state index in [1.54, 1.807) is 0 Å². The Morgan fingerprint density at radius 1 is 0.760 bits per heavy atom. The summed E-state index contributed by atoms with van der Waals surface area (Å²) in [6.07, 6.45) is 6.40. The molecule has 1 heterocycles. The van der Waals surface area contributed by atoms with Gasteiger partial charge in [-0.2, -0.15) is 0 Å². The summed E-state index contributed by atoms with van der Waals surface area (Å²) in [5, 5.41) is 2.59. The van der Waals surface area contributed by atoms with Crippen LogP contribution in [0.4, 0.5) is 0 Å². The third-order valence-corrected chi connectivity index (χ3v) is 4.67. The van der Waals surface area contributed by atoms with E-state index in [-0.39, 0.29) is 0 Å². The average Bonchev–Trinajstić information content (AvgIpc) is 3.01. The van der Waals surface area contributed by atoms with E-state index < -0.39 is 0 Å². The second-order valence-corrected chi connectivity index (χ2v) is 6.16. The molecule has 0 atom stereocenters. The summed E-state index contributed by atoms with van der Waals surface area (Å²) in [7, 11) is 0. The number of benzene rings is 3. The number of nitrogens with zero attached hydrogens (tertiary/aromatic N) is 1. The molecule has 0 aliphatic rings. The maximum absolute atomic E-state index is 2.36. The van der Waals surface area contributed by atoms with Crippen molar-refractivity contribution in [2.75, 3.05) is 0 Å². The lowest BCUT2D eigenvalue weighted by Crippen LogP contribution is -1.94. The lowest BCUT2D eigenvalue weighted by molar-refractivity contribution is 1.18. The van der Waals surface area contributed by atoms with Crippen molar-refractivity contribution in [1.82, 2.24) is 4.57 Å². The zero-order valence-electron chi connectivity index (χ0n) is 14.6. The summed E-state index contributed by atoms with van der Waals surface area (Å²) >= 11 is 0. The fourth-order valence-electron chi connectivity index (χ4n) is 3.56. The number of allylic oxidation sites excluding steroid dienone is 4. The molecule has 0 unspecified atom stereocenters. The van der Waals surface area contributed by atoms with Gasteiger partial charge in [-0.15, -0.1) is 0 Å². The Labute approximate surface area is 148 Å². The molecule has 0 amide bonds. The van der Waals surface area contributed by atoms with Gasteiger partial charge in [-0.1, -0.05) is 66.8 Å². The highest BCUT2D eigenvalue weighted by Gasteiger charge is 2.11. The highest BCUT2D eigenvalue weighted by atomic mass is 15.0. The van der Waals surface area contributed by atoms with E-state index >= 15 is 0 Å². The topological polar surface area (TPSA) is 4.93 Å². The van der Waals surface area contributed by atoms with E-state index in [0.29, 0.717) is 0 Å². The molecular formula is C24H21N. The van der Waals surface area contributed by atoms with Crippen LogP contribution in [0.3, 0.4) is 0 Å². The lowest BCUT2D eigenvalue weighted by atomic mass is 10.0. The van der Waals surface area contributed by atoms with Crippen molar-refractivity contribution in [3.63, 3.8) is 0 Å². The Kier molecular flexibility index (Phi) is 3.99. The molecule has 1 nitrogen and oxygen atoms in total. The van der Waals surface area contributed by atoms with Gasteiger partial charge in [0.25, 0.3) is 0 Å². The zero-order valence-corrected chi connectivity index (χ0v) is 14.6. The van der Waals surface area contributed by atoms with Crippen LogP contribution in [0, 0.1) is 0 Å². The average molecular weight is 323 g/mol. The van der Waals surface area contributed by atoms with Crippen LogP contribution < -0.4 is 0 Å². The summed E-state index contributed by atoms with van der Waals surface area (Å²) in [5.74, 6) is 0. The minimum atomic E-state index is 1.19. The first-order valence-corrected chi connectivity index (χ1v) is 8.71. The van der Waals surface area contributed by atoms with Crippen LogP contribution in [-0.2, 0) is 0 Å². The molecule has 0 saturated heterocycles. The maximum Gasteiger partial charge on any atom is 0.0541 e. The van der Waals surface area contributed by atoms with Gasteiger partial charge in [0.1, 0.15) is 0 Å². The standard InChI is InChI=1S/C24H21N/c1-3-10-18(4-2)19-11-9-12-20(17-19)25-23-15-7-5-13-21(23)22-14-6-8-16-24(22)25/h3-17H,1-2H3/b10-3-,18-4+. The summed E-state index contributed by atoms with van der Waals surface area (Å²) in [6, 6.07) is 26.0. The minimum absolute atomic E-state index is 1.19. The molecule has 4 aromatic rings. The van der Waals surface area contributed by atoms with Gasteiger partial charge < -0.3 is 4.57 Å². The number of rotatable bonds is 3. The van der Waals surface area contributed by atoms with Crippen LogP contribution in [0.25, 0.3) is 33.1 Å². The quantitative estimate of drug-likeness (QED) is 0.367. The van der Waals surface area contributed by atoms with Crippen LogP contribution >= 0.6 is 0 Å². The van der Waals surface area contributed by atoms with Crippen molar-refractivity contribution in [2.45, 2.75) is 13.8 Å². The van der Waals surface area contributed by atoms with Crippen LogP contribution in [0.2, 0.25) is 0 Å². The molecule has 25 heavy (non-hydrogen) atoms. The smallest absolute Gasteiger partial charge is 0.0541 e. The molecule has 0 N–H and O–H groups in total. The van der Waals surface area contributed by atoms with Gasteiger partial charge >= 0.3 is 0 Å². The predicted molar refractivity (Wildman–Crippen MR) is 109 cm³/mol. The first-order chi connectivity index (χ1) is 12.3. The van der Waals surface area contributed by atoms with Crippen LogP contribution in [-0.4, -0.2) is 4.57 Å². The zero-order chi connectivity index (χ0) is 17.2. The van der Waals surface area contributed by atoms with E-state index in [0.717, 1.165) is 0 Å². The molecule has 0 radical (unpaired) electrons. The first kappa shape index (κ1) is 15.5. The van der Waals surface area contributed by atoms with Gasteiger partial charge in [0.15, 0.2) is 0 Å². The number of hydrogen-bond acceptors (Lipinski definition) is 0. The molecule has 0 fully saturated rings. The Balaban J connectivity index is 2.02. The monoisotopic (exact) mass is 323 g/mol. The Bertz CT molecular complexity index is 1060. The van der Waals surface area contributed by atoms with Gasteiger partial charge in [-0.05, 0) is 49.2 Å². The van der Waals surface area contributed by atoms with Gasteiger partial charge in [-0.25, -0.2) is 0 Å². The molecular weight excluding hydrogens is 302 g/mol. The van der Waals surface area contributed by atoms with Gasteiger partial charge in [0, 0.05) is 16.5 Å². The number of para-hydroxylation sites is 2. The van der Waals surface area contributed by atoms with Crippen molar-refractivity contribution < 1.29 is 0 Å². The number of aromatic nitrogens is 1. The van der Waals surface area contributed by atoms with Crippen LogP contribution in [0.15, 0.2) is 91.0 Å². The molecule has 122 valence electrons. The lowest BCUT2D eigenvalue weighted by Gasteiger charge is -2.10.